The van der Waals surface area contributed by atoms with Crippen LogP contribution in [-0.4, -0.2) is 50.7 Å². The maximum Gasteiger partial charge on any atom is 0.100 e. The fourth-order valence-electron chi connectivity index (χ4n) is 4.84. The van der Waals surface area contributed by atoms with Gasteiger partial charge in [-0.1, -0.05) is 20.4 Å². The average molecular weight is 417 g/mol. The van der Waals surface area contributed by atoms with Gasteiger partial charge in [0.05, 0.1) is 11.3 Å². The number of aromatic nitrogens is 3. The molecule has 162 valence electrons. The minimum atomic E-state index is 0.516. The van der Waals surface area contributed by atoms with Crippen molar-refractivity contribution in [3.05, 3.63) is 54.1 Å². The molecule has 1 aromatic carbocycles. The van der Waals surface area contributed by atoms with Crippen LogP contribution in [0.4, 0.5) is 5.69 Å². The van der Waals surface area contributed by atoms with E-state index in [-0.39, 0.29) is 0 Å². The minimum Gasteiger partial charge on any atom is -0.350 e. The number of H-pyrrole nitrogens is 1. The molecule has 1 atom stereocenters. The van der Waals surface area contributed by atoms with Gasteiger partial charge in [0.15, 0.2) is 0 Å². The van der Waals surface area contributed by atoms with Crippen LogP contribution in [0.3, 0.4) is 0 Å². The van der Waals surface area contributed by atoms with Gasteiger partial charge in [0.25, 0.3) is 0 Å². The van der Waals surface area contributed by atoms with E-state index in [9.17, 15) is 0 Å². The zero-order chi connectivity index (χ0) is 21.5. The van der Waals surface area contributed by atoms with E-state index in [0.717, 1.165) is 58.4 Å². The molecule has 6 heteroatoms. The van der Waals surface area contributed by atoms with Crippen LogP contribution in [0.1, 0.15) is 37.9 Å². The first-order valence-electron chi connectivity index (χ1n) is 11.4. The molecule has 1 fully saturated rings. The van der Waals surface area contributed by atoms with E-state index < -0.39 is 0 Å². The number of aromatic amines is 1. The van der Waals surface area contributed by atoms with E-state index in [1.165, 1.54) is 31.5 Å². The Labute approximate surface area is 184 Å². The summed E-state index contributed by atoms with van der Waals surface area (Å²) < 4.78 is 0. The van der Waals surface area contributed by atoms with Gasteiger partial charge < -0.3 is 15.1 Å². The van der Waals surface area contributed by atoms with Crippen molar-refractivity contribution in [3.63, 3.8) is 0 Å². The molecule has 5 rings (SSSR count). The summed E-state index contributed by atoms with van der Waals surface area (Å²) in [6.45, 7) is 15.4. The third kappa shape index (κ3) is 3.92. The zero-order valence-corrected chi connectivity index (χ0v) is 18.8. The Morgan fingerprint density at radius 2 is 2.13 bits per heavy atom. The van der Waals surface area contributed by atoms with Crippen LogP contribution in [0.5, 0.6) is 0 Å². The fraction of sp³-hybridized carbons (Fsp3) is 0.440. The summed E-state index contributed by atoms with van der Waals surface area (Å²) in [6, 6.07) is 9.09. The number of hydrogen-bond donors (Lipinski definition) is 2. The molecule has 0 spiro atoms. The Morgan fingerprint density at radius 3 is 2.94 bits per heavy atom. The Bertz CT molecular complexity index is 1110. The van der Waals surface area contributed by atoms with E-state index in [1.54, 1.807) is 0 Å². The molecule has 0 unspecified atom stereocenters. The molecule has 6 nitrogen and oxygen atoms in total. The van der Waals surface area contributed by atoms with E-state index in [0.29, 0.717) is 6.04 Å². The van der Waals surface area contributed by atoms with Crippen LogP contribution in [-0.2, 0) is 6.54 Å². The van der Waals surface area contributed by atoms with Crippen LogP contribution in [0.15, 0.2) is 42.9 Å². The number of nitrogens with one attached hydrogen (secondary N) is 2. The largest absolute Gasteiger partial charge is 0.350 e. The van der Waals surface area contributed by atoms with Crippen molar-refractivity contribution < 1.29 is 0 Å². The number of anilines is 1. The molecular weight excluding hydrogens is 384 g/mol. The number of fused-ring (bicyclic) bond motifs is 2. The molecule has 31 heavy (non-hydrogen) atoms. The molecule has 2 aliphatic rings. The van der Waals surface area contributed by atoms with Gasteiger partial charge in [0, 0.05) is 54.2 Å². The summed E-state index contributed by atoms with van der Waals surface area (Å²) in [6.07, 6.45) is 4.32. The third-order valence-corrected chi connectivity index (χ3v) is 6.63. The lowest BCUT2D eigenvalue weighted by molar-refractivity contribution is 0.228. The quantitative estimate of drug-likeness (QED) is 0.628. The Kier molecular flexibility index (Phi) is 5.18. The van der Waals surface area contributed by atoms with E-state index in [4.69, 9.17) is 0 Å². The zero-order valence-electron chi connectivity index (χ0n) is 18.8. The van der Waals surface area contributed by atoms with Gasteiger partial charge in [-0.3, -0.25) is 10.1 Å². The Morgan fingerprint density at radius 1 is 1.26 bits per heavy atom. The molecule has 2 N–H and O–H groups in total. The molecule has 0 radical (unpaired) electrons. The smallest absolute Gasteiger partial charge is 0.100 e. The van der Waals surface area contributed by atoms with Crippen LogP contribution < -0.4 is 5.32 Å². The normalized spacial score (nSPS) is 19.3. The van der Waals surface area contributed by atoms with Gasteiger partial charge in [0.2, 0.25) is 0 Å². The second-order valence-electron chi connectivity index (χ2n) is 9.44. The minimum absolute atomic E-state index is 0.516. The third-order valence-electron chi connectivity index (χ3n) is 6.63. The molecule has 0 bridgehead atoms. The molecule has 2 aromatic heterocycles. The Hall–Kier alpha value is -2.86. The number of rotatable bonds is 5. The summed E-state index contributed by atoms with van der Waals surface area (Å²) in [4.78, 5) is 9.39. The molecule has 0 amide bonds. The van der Waals surface area contributed by atoms with Crippen molar-refractivity contribution in [1.82, 2.24) is 25.0 Å². The highest BCUT2D eigenvalue weighted by molar-refractivity contribution is 5.95. The Balaban J connectivity index is 1.40. The molecule has 1 saturated heterocycles. The molecule has 3 aromatic rings. The summed E-state index contributed by atoms with van der Waals surface area (Å²) in [5.41, 5.74) is 6.55. The lowest BCUT2D eigenvalue weighted by Crippen LogP contribution is -2.41. The van der Waals surface area contributed by atoms with E-state index in [1.807, 2.05) is 19.2 Å². The number of benzene rings is 1. The van der Waals surface area contributed by atoms with Crippen LogP contribution in [0.25, 0.3) is 22.2 Å². The lowest BCUT2D eigenvalue weighted by atomic mass is 10.0. The first-order valence-corrected chi connectivity index (χ1v) is 11.4. The topological polar surface area (TPSA) is 60.1 Å². The lowest BCUT2D eigenvalue weighted by Gasteiger charge is -2.38. The molecule has 4 heterocycles. The fourth-order valence-corrected chi connectivity index (χ4v) is 4.84. The monoisotopic (exact) mass is 416 g/mol. The first kappa shape index (κ1) is 20.1. The number of likely N-dealkylation sites (tertiary alicyclic amines) is 1. The van der Waals surface area contributed by atoms with Crippen molar-refractivity contribution in [2.24, 2.45) is 5.92 Å². The van der Waals surface area contributed by atoms with Gasteiger partial charge in [-0.05, 0) is 62.1 Å². The standard InChI is InChI=1S/C25H32N6/c1-16(2)6-9-30-10-7-21(15-30)31-14-20-12-22-24(13-23(20)27-18(31)4)28-29-25(22)19-5-8-26-17(3)11-19/h5,8,11-13,16,21,27H,4,6-7,9-10,14-15H2,1-3H3,(H,28,29)/t21-/m1/s1. The predicted molar refractivity (Wildman–Crippen MR) is 127 cm³/mol. The van der Waals surface area contributed by atoms with Gasteiger partial charge in [-0.25, -0.2) is 0 Å². The summed E-state index contributed by atoms with van der Waals surface area (Å²) in [5, 5.41) is 12.5. The average Bonchev–Trinajstić information content (AvgIpc) is 3.37. The number of hydrogen-bond acceptors (Lipinski definition) is 5. The number of nitrogens with zero attached hydrogens (tertiary/aromatic N) is 4. The van der Waals surface area contributed by atoms with Crippen LogP contribution >= 0.6 is 0 Å². The van der Waals surface area contributed by atoms with Crippen LogP contribution in [0, 0.1) is 12.8 Å². The van der Waals surface area contributed by atoms with E-state index in [2.05, 4.69) is 68.9 Å². The van der Waals surface area contributed by atoms with Crippen molar-refractivity contribution in [1.29, 1.82) is 0 Å². The van der Waals surface area contributed by atoms with Crippen molar-refractivity contribution in [2.45, 2.75) is 46.2 Å². The maximum absolute atomic E-state index is 4.61. The highest BCUT2D eigenvalue weighted by Crippen LogP contribution is 2.36. The van der Waals surface area contributed by atoms with Crippen LogP contribution in [0.2, 0.25) is 0 Å². The molecular formula is C25H32N6. The summed E-state index contributed by atoms with van der Waals surface area (Å²) in [5.74, 6) is 1.76. The van der Waals surface area contributed by atoms with Gasteiger partial charge in [0.1, 0.15) is 5.69 Å². The first-order chi connectivity index (χ1) is 15.0. The van der Waals surface area contributed by atoms with Gasteiger partial charge in [-0.15, -0.1) is 0 Å². The second-order valence-corrected chi connectivity index (χ2v) is 9.44. The van der Waals surface area contributed by atoms with Crippen molar-refractivity contribution in [2.75, 3.05) is 25.0 Å². The van der Waals surface area contributed by atoms with E-state index >= 15 is 0 Å². The maximum atomic E-state index is 4.61. The predicted octanol–water partition coefficient (Wildman–Crippen LogP) is 4.75. The van der Waals surface area contributed by atoms with Gasteiger partial charge >= 0.3 is 0 Å². The summed E-state index contributed by atoms with van der Waals surface area (Å²) >= 11 is 0. The molecule has 0 aliphatic carbocycles. The second kappa shape index (κ2) is 8.00. The van der Waals surface area contributed by atoms with Crippen molar-refractivity contribution in [3.8, 4) is 11.3 Å². The SMILES string of the molecule is C=C1Nc2cc3[nH]nc(-c4ccnc(C)c4)c3cc2CN1[C@@H]1CCN(CCC(C)C)C1. The summed E-state index contributed by atoms with van der Waals surface area (Å²) in [7, 11) is 0. The molecule has 2 aliphatic heterocycles. The number of pyridine rings is 1. The van der Waals surface area contributed by atoms with Crippen molar-refractivity contribution >= 4 is 16.6 Å². The highest BCUT2D eigenvalue weighted by Gasteiger charge is 2.31. The molecule has 0 saturated carbocycles. The van der Waals surface area contributed by atoms with Gasteiger partial charge in [-0.2, -0.15) is 5.10 Å². The highest BCUT2D eigenvalue weighted by atomic mass is 15.3. The number of aryl methyl sites for hydroxylation is 1.